The third-order valence-electron chi connectivity index (χ3n) is 5.13. The van der Waals surface area contributed by atoms with Gasteiger partial charge in [0.15, 0.2) is 0 Å². The van der Waals surface area contributed by atoms with E-state index in [-0.39, 0.29) is 0 Å². The number of nitrogens with zero attached hydrogens (tertiary/aromatic N) is 2. The molecule has 1 saturated carbocycles. The van der Waals surface area contributed by atoms with Crippen LogP contribution in [0.15, 0.2) is 0 Å². The van der Waals surface area contributed by atoms with Gasteiger partial charge >= 0.3 is 0 Å². The van der Waals surface area contributed by atoms with Crippen molar-refractivity contribution in [2.45, 2.75) is 45.1 Å². The Morgan fingerprint density at radius 2 is 1.88 bits per heavy atom. The average molecular weight is 239 g/mol. The molecule has 0 amide bonds. The number of rotatable bonds is 4. The minimum atomic E-state index is 0.348. The molecule has 0 bridgehead atoms. The Morgan fingerprint density at radius 3 is 2.35 bits per heavy atom. The third kappa shape index (κ3) is 2.67. The molecule has 3 heteroatoms. The Hall–Kier alpha value is -0.120. The van der Waals surface area contributed by atoms with E-state index in [1.165, 1.54) is 58.4 Å². The Morgan fingerprint density at radius 1 is 1.18 bits per heavy atom. The first-order valence-electron chi connectivity index (χ1n) is 7.41. The zero-order valence-electron chi connectivity index (χ0n) is 11.6. The maximum Gasteiger partial charge on any atom is 0.0335 e. The van der Waals surface area contributed by atoms with Crippen molar-refractivity contribution in [2.75, 3.05) is 39.3 Å². The Bertz CT molecular complexity index is 236. The normalized spacial score (nSPS) is 36.5. The van der Waals surface area contributed by atoms with Gasteiger partial charge in [-0.05, 0) is 31.7 Å². The molecule has 1 aliphatic carbocycles. The molecule has 2 fully saturated rings. The third-order valence-corrected chi connectivity index (χ3v) is 5.13. The topological polar surface area (TPSA) is 32.5 Å². The highest BCUT2D eigenvalue weighted by Crippen LogP contribution is 2.40. The molecule has 17 heavy (non-hydrogen) atoms. The van der Waals surface area contributed by atoms with Gasteiger partial charge in [0.1, 0.15) is 0 Å². The van der Waals surface area contributed by atoms with Crippen molar-refractivity contribution in [1.82, 2.24) is 9.80 Å². The largest absolute Gasteiger partial charge is 0.329 e. The second-order valence-corrected chi connectivity index (χ2v) is 5.87. The van der Waals surface area contributed by atoms with E-state index in [0.29, 0.717) is 5.54 Å². The van der Waals surface area contributed by atoms with Crippen LogP contribution in [0.1, 0.15) is 39.5 Å². The summed E-state index contributed by atoms with van der Waals surface area (Å²) in [4.78, 5) is 5.25. The van der Waals surface area contributed by atoms with E-state index >= 15 is 0 Å². The van der Waals surface area contributed by atoms with Gasteiger partial charge in [-0.15, -0.1) is 0 Å². The van der Waals surface area contributed by atoms with Gasteiger partial charge in [-0.3, -0.25) is 4.90 Å². The van der Waals surface area contributed by atoms with Crippen LogP contribution in [0.3, 0.4) is 0 Å². The molecule has 2 unspecified atom stereocenters. The van der Waals surface area contributed by atoms with E-state index in [0.717, 1.165) is 12.5 Å². The number of nitrogens with two attached hydrogens (primary N) is 1. The molecule has 1 aliphatic heterocycles. The minimum absolute atomic E-state index is 0.348. The standard InChI is InChI=1S/C14H29N3/c1-3-13-5-6-14(11-13,12-15)17-9-7-16(4-2)8-10-17/h13H,3-12,15H2,1-2H3. The average Bonchev–Trinajstić information content (AvgIpc) is 2.84. The second kappa shape index (κ2) is 5.68. The summed E-state index contributed by atoms with van der Waals surface area (Å²) in [6.07, 6.45) is 5.39. The van der Waals surface area contributed by atoms with Gasteiger partial charge in [0.05, 0.1) is 0 Å². The summed E-state index contributed by atoms with van der Waals surface area (Å²) >= 11 is 0. The van der Waals surface area contributed by atoms with Crippen LogP contribution in [0.5, 0.6) is 0 Å². The Labute approximate surface area is 106 Å². The van der Waals surface area contributed by atoms with Gasteiger partial charge in [0, 0.05) is 38.3 Å². The summed E-state index contributed by atoms with van der Waals surface area (Å²) in [6.45, 7) is 11.5. The first-order valence-corrected chi connectivity index (χ1v) is 7.41. The van der Waals surface area contributed by atoms with Crippen molar-refractivity contribution in [3.63, 3.8) is 0 Å². The lowest BCUT2D eigenvalue weighted by atomic mass is 9.92. The maximum atomic E-state index is 6.13. The SMILES string of the molecule is CCC1CCC(CN)(N2CCN(CC)CC2)C1. The number of likely N-dealkylation sites (N-methyl/N-ethyl adjacent to an activating group) is 1. The summed E-state index contributed by atoms with van der Waals surface area (Å²) in [6, 6.07) is 0. The predicted molar refractivity (Wildman–Crippen MR) is 73.1 cm³/mol. The van der Waals surface area contributed by atoms with Gasteiger partial charge in [0.2, 0.25) is 0 Å². The second-order valence-electron chi connectivity index (χ2n) is 5.87. The lowest BCUT2D eigenvalue weighted by molar-refractivity contribution is 0.0389. The molecule has 2 rings (SSSR count). The fourth-order valence-corrected chi connectivity index (χ4v) is 3.70. The number of piperazine rings is 1. The van der Waals surface area contributed by atoms with Gasteiger partial charge in [0.25, 0.3) is 0 Å². The molecule has 0 spiro atoms. The van der Waals surface area contributed by atoms with Crippen molar-refractivity contribution in [3.05, 3.63) is 0 Å². The van der Waals surface area contributed by atoms with Gasteiger partial charge in [-0.25, -0.2) is 0 Å². The summed E-state index contributed by atoms with van der Waals surface area (Å²) in [7, 11) is 0. The Kier molecular flexibility index (Phi) is 4.45. The predicted octanol–water partition coefficient (Wildman–Crippen LogP) is 1.53. The van der Waals surface area contributed by atoms with Gasteiger partial charge < -0.3 is 10.6 Å². The smallest absolute Gasteiger partial charge is 0.0335 e. The fourth-order valence-electron chi connectivity index (χ4n) is 3.70. The summed E-state index contributed by atoms with van der Waals surface area (Å²) in [5.41, 5.74) is 6.48. The molecular weight excluding hydrogens is 210 g/mol. The van der Waals surface area contributed by atoms with Crippen LogP contribution >= 0.6 is 0 Å². The highest BCUT2D eigenvalue weighted by Gasteiger charge is 2.42. The maximum absolute atomic E-state index is 6.13. The molecule has 2 atom stereocenters. The molecule has 3 nitrogen and oxygen atoms in total. The van der Waals surface area contributed by atoms with Crippen LogP contribution in [0, 0.1) is 5.92 Å². The monoisotopic (exact) mass is 239 g/mol. The zero-order chi connectivity index (χ0) is 12.3. The van der Waals surface area contributed by atoms with Crippen molar-refractivity contribution in [1.29, 1.82) is 0 Å². The quantitative estimate of drug-likeness (QED) is 0.807. The van der Waals surface area contributed by atoms with E-state index in [4.69, 9.17) is 5.73 Å². The van der Waals surface area contributed by atoms with Crippen LogP contribution in [-0.4, -0.2) is 54.6 Å². The first kappa shape index (κ1) is 13.3. The molecule has 0 aromatic rings. The van der Waals surface area contributed by atoms with Gasteiger partial charge in [-0.1, -0.05) is 20.3 Å². The van der Waals surface area contributed by atoms with E-state index in [1.807, 2.05) is 0 Å². The summed E-state index contributed by atoms with van der Waals surface area (Å²) < 4.78 is 0. The fraction of sp³-hybridized carbons (Fsp3) is 1.00. The number of hydrogen-bond acceptors (Lipinski definition) is 3. The van der Waals surface area contributed by atoms with Crippen LogP contribution in [0.25, 0.3) is 0 Å². The Balaban J connectivity index is 1.95. The molecular formula is C14H29N3. The summed E-state index contributed by atoms with van der Waals surface area (Å²) in [5.74, 6) is 0.919. The zero-order valence-corrected chi connectivity index (χ0v) is 11.6. The highest BCUT2D eigenvalue weighted by atomic mass is 15.3. The van der Waals surface area contributed by atoms with Crippen LogP contribution in [0.2, 0.25) is 0 Å². The van der Waals surface area contributed by atoms with E-state index in [9.17, 15) is 0 Å². The molecule has 0 aromatic heterocycles. The minimum Gasteiger partial charge on any atom is -0.329 e. The molecule has 2 N–H and O–H groups in total. The van der Waals surface area contributed by atoms with Crippen molar-refractivity contribution >= 4 is 0 Å². The summed E-state index contributed by atoms with van der Waals surface area (Å²) in [5, 5.41) is 0. The first-order chi connectivity index (χ1) is 8.24. The lowest BCUT2D eigenvalue weighted by Crippen LogP contribution is -2.59. The van der Waals surface area contributed by atoms with Crippen LogP contribution < -0.4 is 5.73 Å². The van der Waals surface area contributed by atoms with E-state index < -0.39 is 0 Å². The van der Waals surface area contributed by atoms with Crippen molar-refractivity contribution in [2.24, 2.45) is 11.7 Å². The van der Waals surface area contributed by atoms with E-state index in [2.05, 4.69) is 23.6 Å². The number of hydrogen-bond donors (Lipinski definition) is 1. The molecule has 1 saturated heterocycles. The van der Waals surface area contributed by atoms with Crippen LogP contribution in [0.4, 0.5) is 0 Å². The highest BCUT2D eigenvalue weighted by molar-refractivity contribution is 5.00. The van der Waals surface area contributed by atoms with Crippen LogP contribution in [-0.2, 0) is 0 Å². The molecule has 0 aromatic carbocycles. The van der Waals surface area contributed by atoms with Crippen molar-refractivity contribution in [3.8, 4) is 0 Å². The van der Waals surface area contributed by atoms with Gasteiger partial charge in [-0.2, -0.15) is 0 Å². The molecule has 100 valence electrons. The van der Waals surface area contributed by atoms with Crippen molar-refractivity contribution < 1.29 is 0 Å². The van der Waals surface area contributed by atoms with E-state index in [1.54, 1.807) is 0 Å². The lowest BCUT2D eigenvalue weighted by Gasteiger charge is -2.45. The molecule has 1 heterocycles. The molecule has 0 radical (unpaired) electrons. The molecule has 2 aliphatic rings.